The van der Waals surface area contributed by atoms with Crippen LogP contribution in [0.5, 0.6) is 0 Å². The first-order valence-electron chi connectivity index (χ1n) is 10.6. The van der Waals surface area contributed by atoms with E-state index >= 15 is 0 Å². The van der Waals surface area contributed by atoms with Crippen molar-refractivity contribution >= 4 is 27.8 Å². The Morgan fingerprint density at radius 3 is 2.69 bits per heavy atom. The summed E-state index contributed by atoms with van der Waals surface area (Å²) >= 11 is 0. The number of pyridine rings is 2. The third-order valence-electron chi connectivity index (χ3n) is 5.12. The number of allylic oxidation sites excluding steroid dienone is 1. The van der Waals surface area contributed by atoms with Gasteiger partial charge in [0.05, 0.1) is 34.1 Å². The Labute approximate surface area is 186 Å². The molecule has 7 heteroatoms. The highest BCUT2D eigenvalue weighted by Crippen LogP contribution is 2.29. The van der Waals surface area contributed by atoms with E-state index in [0.717, 1.165) is 51.1 Å². The van der Waals surface area contributed by atoms with Crippen LogP contribution < -0.4 is 5.32 Å². The molecule has 4 heterocycles. The predicted molar refractivity (Wildman–Crippen MR) is 129 cm³/mol. The molecule has 0 fully saturated rings. The van der Waals surface area contributed by atoms with Gasteiger partial charge in [-0.2, -0.15) is 5.10 Å². The number of rotatable bonds is 5. The van der Waals surface area contributed by atoms with E-state index in [4.69, 9.17) is 4.98 Å². The topological polar surface area (TPSA) is 95.2 Å². The summed E-state index contributed by atoms with van der Waals surface area (Å²) in [6, 6.07) is 13.9. The number of aromatic nitrogens is 6. The van der Waals surface area contributed by atoms with Crippen LogP contribution in [0.1, 0.15) is 27.2 Å². The Hall–Kier alpha value is -4.00. The van der Waals surface area contributed by atoms with Gasteiger partial charge in [-0.25, -0.2) is 9.97 Å². The Bertz CT molecular complexity index is 1400. The van der Waals surface area contributed by atoms with Crippen molar-refractivity contribution in [3.05, 3.63) is 67.1 Å². The van der Waals surface area contributed by atoms with Crippen LogP contribution in [0.2, 0.25) is 0 Å². The lowest BCUT2D eigenvalue weighted by atomic mass is 9.91. The number of nitrogens with zero attached hydrogens (tertiary/aromatic N) is 4. The molecule has 0 aliphatic heterocycles. The van der Waals surface area contributed by atoms with Crippen molar-refractivity contribution in [1.29, 1.82) is 0 Å². The van der Waals surface area contributed by atoms with Crippen molar-refractivity contribution < 1.29 is 0 Å². The monoisotopic (exact) mass is 423 g/mol. The lowest BCUT2D eigenvalue weighted by Crippen LogP contribution is -2.10. The van der Waals surface area contributed by atoms with Crippen molar-refractivity contribution in [3.8, 4) is 22.8 Å². The average Bonchev–Trinajstić information content (AvgIpc) is 3.35. The average molecular weight is 424 g/mol. The smallest absolute Gasteiger partial charge is 0.161 e. The van der Waals surface area contributed by atoms with Gasteiger partial charge >= 0.3 is 0 Å². The highest BCUT2D eigenvalue weighted by molar-refractivity contribution is 5.91. The lowest BCUT2D eigenvalue weighted by Gasteiger charge is -2.20. The third kappa shape index (κ3) is 3.97. The number of imidazole rings is 1. The van der Waals surface area contributed by atoms with E-state index < -0.39 is 0 Å². The molecular formula is C25H25N7. The molecule has 0 atom stereocenters. The Morgan fingerprint density at radius 1 is 1.03 bits per heavy atom. The minimum atomic E-state index is 0.163. The highest BCUT2D eigenvalue weighted by Gasteiger charge is 2.16. The van der Waals surface area contributed by atoms with Gasteiger partial charge in [0, 0.05) is 17.5 Å². The number of H-pyrrole nitrogens is 2. The molecular weight excluding hydrogens is 398 g/mol. The molecule has 0 saturated heterocycles. The standard InChI is InChI=1S/C25H25N7/c1-15(12-25(2,3)4)27-17-11-16(13-26-14-17)18-9-10-21-22(28-18)23(32-31-21)24-29-19-7-5-6-8-20(19)30-24/h5-11,13-14,27H,1,12H2,2-4H3,(H,29,30)(H,31,32). The van der Waals surface area contributed by atoms with Crippen molar-refractivity contribution in [3.63, 3.8) is 0 Å². The van der Waals surface area contributed by atoms with Crippen LogP contribution in [-0.2, 0) is 0 Å². The summed E-state index contributed by atoms with van der Waals surface area (Å²) < 4.78 is 0. The maximum absolute atomic E-state index is 4.89. The molecule has 160 valence electrons. The second-order valence-corrected chi connectivity index (χ2v) is 9.20. The molecule has 0 unspecified atom stereocenters. The second kappa shape index (κ2) is 7.60. The summed E-state index contributed by atoms with van der Waals surface area (Å²) in [5.41, 5.74) is 7.91. The van der Waals surface area contributed by atoms with E-state index in [1.807, 2.05) is 48.7 Å². The Balaban J connectivity index is 1.49. The largest absolute Gasteiger partial charge is 0.358 e. The number of para-hydroxylation sites is 2. The van der Waals surface area contributed by atoms with Crippen LogP contribution in [0, 0.1) is 5.41 Å². The first kappa shape index (κ1) is 19.9. The number of hydrogen-bond donors (Lipinski definition) is 3. The molecule has 0 amide bonds. The van der Waals surface area contributed by atoms with Crippen LogP contribution in [0.4, 0.5) is 5.69 Å². The first-order chi connectivity index (χ1) is 15.4. The Kier molecular flexibility index (Phi) is 4.74. The zero-order chi connectivity index (χ0) is 22.3. The van der Waals surface area contributed by atoms with E-state index in [0.29, 0.717) is 11.5 Å². The molecule has 0 aliphatic rings. The number of anilines is 1. The predicted octanol–water partition coefficient (Wildman–Crippen LogP) is 5.93. The van der Waals surface area contributed by atoms with Gasteiger partial charge < -0.3 is 10.3 Å². The lowest BCUT2D eigenvalue weighted by molar-refractivity contribution is 0.411. The molecule has 1 aromatic carbocycles. The molecule has 0 spiro atoms. The molecule has 0 bridgehead atoms. The minimum absolute atomic E-state index is 0.163. The summed E-state index contributed by atoms with van der Waals surface area (Å²) in [5.74, 6) is 0.689. The van der Waals surface area contributed by atoms with E-state index in [-0.39, 0.29) is 5.41 Å². The van der Waals surface area contributed by atoms with Crippen molar-refractivity contribution in [1.82, 2.24) is 30.1 Å². The summed E-state index contributed by atoms with van der Waals surface area (Å²) in [6.45, 7) is 10.7. The molecule has 0 radical (unpaired) electrons. The van der Waals surface area contributed by atoms with Gasteiger partial charge in [-0.3, -0.25) is 10.1 Å². The van der Waals surface area contributed by atoms with Gasteiger partial charge in [0.25, 0.3) is 0 Å². The quantitative estimate of drug-likeness (QED) is 0.326. The SMILES string of the molecule is C=C(CC(C)(C)C)Nc1cncc(-c2ccc3[nH]nc(-c4nc5ccccc5[nH]4)c3n2)c1. The molecule has 4 aromatic heterocycles. The van der Waals surface area contributed by atoms with Crippen LogP contribution >= 0.6 is 0 Å². The van der Waals surface area contributed by atoms with E-state index in [1.54, 1.807) is 6.20 Å². The van der Waals surface area contributed by atoms with Gasteiger partial charge in [-0.05, 0) is 42.2 Å². The van der Waals surface area contributed by atoms with Crippen LogP contribution in [0.15, 0.2) is 67.1 Å². The fraction of sp³-hybridized carbons (Fsp3) is 0.200. The van der Waals surface area contributed by atoms with Gasteiger partial charge in [-0.1, -0.05) is 39.5 Å². The number of fused-ring (bicyclic) bond motifs is 2. The van der Waals surface area contributed by atoms with Gasteiger partial charge in [-0.15, -0.1) is 0 Å². The summed E-state index contributed by atoms with van der Waals surface area (Å²) in [7, 11) is 0. The number of nitrogens with one attached hydrogen (secondary N) is 3. The van der Waals surface area contributed by atoms with E-state index in [2.05, 4.69) is 57.8 Å². The van der Waals surface area contributed by atoms with Gasteiger partial charge in [0.15, 0.2) is 11.5 Å². The normalized spacial score (nSPS) is 11.8. The zero-order valence-corrected chi connectivity index (χ0v) is 18.4. The highest BCUT2D eigenvalue weighted by atomic mass is 15.1. The van der Waals surface area contributed by atoms with Gasteiger partial charge in [0.2, 0.25) is 0 Å². The molecule has 7 nitrogen and oxygen atoms in total. The number of benzene rings is 1. The molecule has 0 aliphatic carbocycles. The molecule has 3 N–H and O–H groups in total. The number of hydrogen-bond acceptors (Lipinski definition) is 5. The summed E-state index contributed by atoms with van der Waals surface area (Å²) in [4.78, 5) is 17.3. The Morgan fingerprint density at radius 2 is 1.88 bits per heavy atom. The fourth-order valence-corrected chi connectivity index (χ4v) is 3.83. The third-order valence-corrected chi connectivity index (χ3v) is 5.12. The minimum Gasteiger partial charge on any atom is -0.358 e. The van der Waals surface area contributed by atoms with Crippen LogP contribution in [0.3, 0.4) is 0 Å². The molecule has 0 saturated carbocycles. The van der Waals surface area contributed by atoms with Crippen molar-refractivity contribution in [2.24, 2.45) is 5.41 Å². The maximum atomic E-state index is 4.89. The molecule has 5 aromatic rings. The number of aromatic amines is 2. The summed E-state index contributed by atoms with van der Waals surface area (Å²) in [5, 5.41) is 10.9. The van der Waals surface area contributed by atoms with Crippen molar-refractivity contribution in [2.45, 2.75) is 27.2 Å². The molecule has 32 heavy (non-hydrogen) atoms. The second-order valence-electron chi connectivity index (χ2n) is 9.20. The van der Waals surface area contributed by atoms with Crippen LogP contribution in [0.25, 0.3) is 44.8 Å². The summed E-state index contributed by atoms with van der Waals surface area (Å²) in [6.07, 6.45) is 4.48. The molecule has 5 rings (SSSR count). The van der Waals surface area contributed by atoms with Crippen molar-refractivity contribution in [2.75, 3.05) is 5.32 Å². The van der Waals surface area contributed by atoms with E-state index in [1.165, 1.54) is 0 Å². The fourth-order valence-electron chi connectivity index (χ4n) is 3.83. The zero-order valence-electron chi connectivity index (χ0n) is 18.4. The maximum Gasteiger partial charge on any atom is 0.161 e. The first-order valence-corrected chi connectivity index (χ1v) is 10.6. The van der Waals surface area contributed by atoms with E-state index in [9.17, 15) is 0 Å². The van der Waals surface area contributed by atoms with Gasteiger partial charge in [0.1, 0.15) is 5.52 Å². The van der Waals surface area contributed by atoms with Crippen LogP contribution in [-0.4, -0.2) is 30.1 Å².